The van der Waals surface area contributed by atoms with E-state index < -0.39 is 9.84 Å². The van der Waals surface area contributed by atoms with E-state index in [-0.39, 0.29) is 16.7 Å². The van der Waals surface area contributed by atoms with Gasteiger partial charge < -0.3 is 20.7 Å². The van der Waals surface area contributed by atoms with Crippen molar-refractivity contribution in [3.8, 4) is 0 Å². The normalized spacial score (nSPS) is 16.3. The highest BCUT2D eigenvalue weighted by atomic mass is 32.2. The fourth-order valence-corrected chi connectivity index (χ4v) is 3.07. The standard InChI is InChI=1S/C16H25N3O4S/c1-11(12-9-17-10-12)16(20)19-15-8-13(24(3,21)22)4-5-14(15)18-6-7-23-2/h4-5,8,11-12,17-18H,6-7,9-10H2,1-3H3,(H,19,20). The molecule has 1 atom stereocenters. The van der Waals surface area contributed by atoms with Crippen molar-refractivity contribution in [1.82, 2.24) is 5.32 Å². The number of hydrogen-bond donors (Lipinski definition) is 3. The van der Waals surface area contributed by atoms with Crippen LogP contribution in [0.4, 0.5) is 11.4 Å². The molecule has 0 bridgehead atoms. The molecule has 0 radical (unpaired) electrons. The van der Waals surface area contributed by atoms with Gasteiger partial charge in [0.15, 0.2) is 9.84 Å². The Balaban J connectivity index is 2.20. The fourth-order valence-electron chi connectivity index (χ4n) is 2.42. The van der Waals surface area contributed by atoms with Crippen LogP contribution >= 0.6 is 0 Å². The third-order valence-electron chi connectivity index (χ3n) is 4.23. The van der Waals surface area contributed by atoms with Crippen LogP contribution in [0, 0.1) is 11.8 Å². The molecule has 134 valence electrons. The van der Waals surface area contributed by atoms with Gasteiger partial charge >= 0.3 is 0 Å². The first-order chi connectivity index (χ1) is 11.3. The first kappa shape index (κ1) is 18.7. The average molecular weight is 355 g/mol. The number of rotatable bonds is 8. The van der Waals surface area contributed by atoms with Crippen molar-refractivity contribution in [2.24, 2.45) is 11.8 Å². The number of sulfone groups is 1. The van der Waals surface area contributed by atoms with Crippen LogP contribution in [0.5, 0.6) is 0 Å². The van der Waals surface area contributed by atoms with Crippen LogP contribution in [0.25, 0.3) is 0 Å². The van der Waals surface area contributed by atoms with Crippen LogP contribution in [0.15, 0.2) is 23.1 Å². The maximum atomic E-state index is 12.4. The van der Waals surface area contributed by atoms with Gasteiger partial charge in [0.25, 0.3) is 0 Å². The largest absolute Gasteiger partial charge is 0.383 e. The van der Waals surface area contributed by atoms with Gasteiger partial charge in [-0.3, -0.25) is 4.79 Å². The zero-order valence-corrected chi connectivity index (χ0v) is 15.1. The lowest BCUT2D eigenvalue weighted by molar-refractivity contribution is -0.121. The molecule has 7 nitrogen and oxygen atoms in total. The van der Waals surface area contributed by atoms with Gasteiger partial charge in [-0.25, -0.2) is 8.42 Å². The summed E-state index contributed by atoms with van der Waals surface area (Å²) in [7, 11) is -1.74. The molecule has 1 aromatic rings. The molecule has 1 fully saturated rings. The fraction of sp³-hybridized carbons (Fsp3) is 0.562. The molecular formula is C16H25N3O4S. The molecule has 0 aromatic heterocycles. The predicted molar refractivity (Wildman–Crippen MR) is 94.1 cm³/mol. The number of carbonyl (C=O) groups is 1. The predicted octanol–water partition coefficient (Wildman–Crippen LogP) is 0.942. The van der Waals surface area contributed by atoms with E-state index in [1.807, 2.05) is 6.92 Å². The summed E-state index contributed by atoms with van der Waals surface area (Å²) in [5.41, 5.74) is 1.14. The van der Waals surface area contributed by atoms with E-state index in [0.29, 0.717) is 30.4 Å². The van der Waals surface area contributed by atoms with E-state index >= 15 is 0 Å². The van der Waals surface area contributed by atoms with Crippen molar-refractivity contribution in [3.05, 3.63) is 18.2 Å². The number of methoxy groups -OCH3 is 1. The van der Waals surface area contributed by atoms with E-state index in [0.717, 1.165) is 19.3 Å². The van der Waals surface area contributed by atoms with Crippen molar-refractivity contribution in [2.45, 2.75) is 11.8 Å². The van der Waals surface area contributed by atoms with Crippen LogP contribution in [-0.2, 0) is 19.4 Å². The molecule has 0 saturated carbocycles. The third kappa shape index (κ3) is 4.68. The van der Waals surface area contributed by atoms with Gasteiger partial charge in [-0.05, 0) is 37.2 Å². The van der Waals surface area contributed by atoms with Crippen molar-refractivity contribution in [2.75, 3.05) is 50.2 Å². The lowest BCUT2D eigenvalue weighted by Crippen LogP contribution is -2.48. The monoisotopic (exact) mass is 355 g/mol. The third-order valence-corrected chi connectivity index (χ3v) is 5.34. The Morgan fingerprint density at radius 1 is 1.38 bits per heavy atom. The van der Waals surface area contributed by atoms with Crippen molar-refractivity contribution in [3.63, 3.8) is 0 Å². The van der Waals surface area contributed by atoms with Crippen LogP contribution in [0.2, 0.25) is 0 Å². The second kappa shape index (κ2) is 7.96. The number of nitrogens with one attached hydrogen (secondary N) is 3. The van der Waals surface area contributed by atoms with Gasteiger partial charge in [0.05, 0.1) is 22.9 Å². The minimum Gasteiger partial charge on any atom is -0.383 e. The maximum Gasteiger partial charge on any atom is 0.227 e. The first-order valence-electron chi connectivity index (χ1n) is 7.91. The number of anilines is 2. The second-order valence-corrected chi connectivity index (χ2v) is 8.11. The molecule has 1 amide bonds. The van der Waals surface area contributed by atoms with Gasteiger partial charge in [0.2, 0.25) is 5.91 Å². The van der Waals surface area contributed by atoms with Crippen LogP contribution in [0.3, 0.4) is 0 Å². The number of amides is 1. The van der Waals surface area contributed by atoms with Crippen molar-refractivity contribution >= 4 is 27.1 Å². The Labute approximate surface area is 143 Å². The molecule has 8 heteroatoms. The first-order valence-corrected chi connectivity index (χ1v) is 9.80. The molecule has 1 aliphatic heterocycles. The Morgan fingerprint density at radius 3 is 2.62 bits per heavy atom. The minimum atomic E-state index is -3.35. The molecule has 1 heterocycles. The van der Waals surface area contributed by atoms with E-state index in [1.54, 1.807) is 13.2 Å². The average Bonchev–Trinajstić information content (AvgIpc) is 2.46. The van der Waals surface area contributed by atoms with Gasteiger partial charge in [-0.2, -0.15) is 0 Å². The molecule has 0 aliphatic carbocycles. The SMILES string of the molecule is COCCNc1ccc(S(C)(=O)=O)cc1NC(=O)C(C)C1CNC1. The van der Waals surface area contributed by atoms with Gasteiger partial charge in [-0.1, -0.05) is 6.92 Å². The Bertz CT molecular complexity index is 687. The minimum absolute atomic E-state index is 0.109. The van der Waals surface area contributed by atoms with E-state index in [2.05, 4.69) is 16.0 Å². The molecule has 3 N–H and O–H groups in total. The molecule has 2 rings (SSSR count). The van der Waals surface area contributed by atoms with E-state index in [1.165, 1.54) is 12.1 Å². The van der Waals surface area contributed by atoms with E-state index in [9.17, 15) is 13.2 Å². The van der Waals surface area contributed by atoms with E-state index in [4.69, 9.17) is 4.74 Å². The van der Waals surface area contributed by atoms with Crippen LogP contribution in [-0.4, -0.2) is 53.9 Å². The lowest BCUT2D eigenvalue weighted by atomic mass is 9.88. The molecule has 1 aliphatic rings. The summed E-state index contributed by atoms with van der Waals surface area (Å²) in [6.07, 6.45) is 1.15. The van der Waals surface area contributed by atoms with Crippen LogP contribution < -0.4 is 16.0 Å². The summed E-state index contributed by atoms with van der Waals surface area (Å²) in [5, 5.41) is 9.16. The van der Waals surface area contributed by atoms with Crippen molar-refractivity contribution < 1.29 is 17.9 Å². The molecule has 1 unspecified atom stereocenters. The Hall–Kier alpha value is -1.64. The molecule has 1 aromatic carbocycles. The summed E-state index contributed by atoms with van der Waals surface area (Å²) in [4.78, 5) is 12.6. The maximum absolute atomic E-state index is 12.4. The highest BCUT2D eigenvalue weighted by Gasteiger charge is 2.29. The second-order valence-electron chi connectivity index (χ2n) is 6.10. The summed E-state index contributed by atoms with van der Waals surface area (Å²) >= 11 is 0. The Kier molecular flexibility index (Phi) is 6.20. The number of hydrogen-bond acceptors (Lipinski definition) is 6. The smallest absolute Gasteiger partial charge is 0.227 e. The molecule has 24 heavy (non-hydrogen) atoms. The summed E-state index contributed by atoms with van der Waals surface area (Å²) in [6, 6.07) is 4.69. The molecular weight excluding hydrogens is 330 g/mol. The summed E-state index contributed by atoms with van der Waals surface area (Å²) in [6.45, 7) is 4.61. The number of carbonyl (C=O) groups excluding carboxylic acids is 1. The molecule has 1 saturated heterocycles. The summed E-state index contributed by atoms with van der Waals surface area (Å²) < 4.78 is 28.6. The van der Waals surface area contributed by atoms with Gasteiger partial charge in [0.1, 0.15) is 0 Å². The van der Waals surface area contributed by atoms with Crippen molar-refractivity contribution in [1.29, 1.82) is 0 Å². The Morgan fingerprint density at radius 2 is 2.08 bits per heavy atom. The van der Waals surface area contributed by atoms with Gasteiger partial charge in [-0.15, -0.1) is 0 Å². The highest BCUT2D eigenvalue weighted by Crippen LogP contribution is 2.27. The zero-order valence-electron chi connectivity index (χ0n) is 14.3. The van der Waals surface area contributed by atoms with Crippen LogP contribution in [0.1, 0.15) is 6.92 Å². The summed E-state index contributed by atoms with van der Waals surface area (Å²) in [5.74, 6) is 0.0647. The lowest BCUT2D eigenvalue weighted by Gasteiger charge is -2.31. The quantitative estimate of drug-likeness (QED) is 0.601. The highest BCUT2D eigenvalue weighted by molar-refractivity contribution is 7.90. The topological polar surface area (TPSA) is 96.5 Å². The number of benzene rings is 1. The van der Waals surface area contributed by atoms with Gasteiger partial charge in [0, 0.05) is 25.8 Å². The number of ether oxygens (including phenoxy) is 1. The zero-order chi connectivity index (χ0) is 17.7. The molecule has 0 spiro atoms.